The maximum absolute atomic E-state index is 12.7. The summed E-state index contributed by atoms with van der Waals surface area (Å²) < 4.78 is 25.5. The molecular weight excluding hydrogens is 452 g/mol. The summed E-state index contributed by atoms with van der Waals surface area (Å²) in [5.41, 5.74) is 1.33. The molecule has 3 aromatic carbocycles. The summed E-state index contributed by atoms with van der Waals surface area (Å²) >= 11 is 6.20. The molecule has 0 heterocycles. The van der Waals surface area contributed by atoms with Crippen LogP contribution in [-0.4, -0.2) is 30.6 Å². The van der Waals surface area contributed by atoms with E-state index in [1.807, 2.05) is 6.92 Å². The van der Waals surface area contributed by atoms with Gasteiger partial charge in [0.1, 0.15) is 11.0 Å². The largest absolute Gasteiger partial charge is 0.506 e. The molecule has 1 unspecified atom stereocenters. The van der Waals surface area contributed by atoms with Gasteiger partial charge in [0.15, 0.2) is 9.84 Å². The molecule has 3 rings (SSSR count). The number of amides is 2. The Balaban J connectivity index is 1.77. The number of carbonyl (C=O) groups is 2. The molecule has 0 fully saturated rings. The van der Waals surface area contributed by atoms with E-state index in [1.54, 1.807) is 42.5 Å². The monoisotopic (exact) mass is 472 g/mol. The highest BCUT2D eigenvalue weighted by molar-refractivity contribution is 7.92. The molecule has 32 heavy (non-hydrogen) atoms. The molecule has 7 nitrogen and oxygen atoms in total. The lowest BCUT2D eigenvalue weighted by atomic mass is 10.2. The van der Waals surface area contributed by atoms with E-state index < -0.39 is 26.9 Å². The van der Waals surface area contributed by atoms with Crippen LogP contribution in [0.5, 0.6) is 5.75 Å². The second-order valence-electron chi connectivity index (χ2n) is 7.16. The summed E-state index contributed by atoms with van der Waals surface area (Å²) in [4.78, 5) is 24.9. The number of hydrogen-bond donors (Lipinski definition) is 3. The topological polar surface area (TPSA) is 113 Å². The molecule has 0 saturated heterocycles. The van der Waals surface area contributed by atoms with E-state index >= 15 is 0 Å². The van der Waals surface area contributed by atoms with Crippen LogP contribution in [0, 0.1) is 6.92 Å². The zero-order valence-corrected chi connectivity index (χ0v) is 18.9. The Bertz CT molecular complexity index is 1260. The number of aromatic hydroxyl groups is 1. The van der Waals surface area contributed by atoms with Crippen molar-refractivity contribution in [2.45, 2.75) is 24.0 Å². The van der Waals surface area contributed by atoms with Crippen molar-refractivity contribution in [3.05, 3.63) is 82.9 Å². The molecule has 0 bridgehead atoms. The van der Waals surface area contributed by atoms with Crippen LogP contribution in [0.1, 0.15) is 22.8 Å². The number of rotatable bonds is 6. The average Bonchev–Trinajstić information content (AvgIpc) is 2.77. The summed E-state index contributed by atoms with van der Waals surface area (Å²) in [6.45, 7) is 3.10. The Labute approximate surface area is 191 Å². The van der Waals surface area contributed by atoms with Crippen molar-refractivity contribution in [2.75, 3.05) is 10.6 Å². The number of carbonyl (C=O) groups excluding carboxylic acids is 2. The highest BCUT2D eigenvalue weighted by Gasteiger charge is 2.30. The summed E-state index contributed by atoms with van der Waals surface area (Å²) in [6, 6.07) is 17.0. The molecule has 0 aliphatic heterocycles. The van der Waals surface area contributed by atoms with Gasteiger partial charge in [-0.1, -0.05) is 47.5 Å². The molecule has 0 saturated carbocycles. The lowest BCUT2D eigenvalue weighted by molar-refractivity contribution is -0.115. The van der Waals surface area contributed by atoms with Gasteiger partial charge >= 0.3 is 0 Å². The van der Waals surface area contributed by atoms with Gasteiger partial charge in [0.05, 0.1) is 21.3 Å². The van der Waals surface area contributed by atoms with E-state index in [-0.39, 0.29) is 27.0 Å². The SMILES string of the molecule is Cc1ccc(S(=O)(=O)C(C)C(=O)Nc2cc(O)c(NC(=O)c3ccccc3)cc2Cl)cc1. The van der Waals surface area contributed by atoms with E-state index in [9.17, 15) is 23.1 Å². The molecule has 2 amide bonds. The van der Waals surface area contributed by atoms with Crippen LogP contribution in [0.15, 0.2) is 71.6 Å². The van der Waals surface area contributed by atoms with E-state index in [2.05, 4.69) is 10.6 Å². The van der Waals surface area contributed by atoms with Crippen molar-refractivity contribution in [1.29, 1.82) is 0 Å². The minimum absolute atomic E-state index is 0.0119. The first-order valence-electron chi connectivity index (χ1n) is 9.60. The van der Waals surface area contributed by atoms with Crippen molar-refractivity contribution in [3.8, 4) is 5.75 Å². The molecule has 0 spiro atoms. The third kappa shape index (κ3) is 5.09. The fourth-order valence-corrected chi connectivity index (χ4v) is 4.32. The number of hydrogen-bond acceptors (Lipinski definition) is 5. The van der Waals surface area contributed by atoms with Crippen molar-refractivity contribution in [1.82, 2.24) is 0 Å². The number of benzene rings is 3. The lowest BCUT2D eigenvalue weighted by Gasteiger charge is -2.16. The maximum Gasteiger partial charge on any atom is 0.255 e. The predicted octanol–water partition coefficient (Wildman–Crippen LogP) is 4.41. The fourth-order valence-electron chi connectivity index (χ4n) is 2.85. The van der Waals surface area contributed by atoms with E-state index in [4.69, 9.17) is 11.6 Å². The predicted molar refractivity (Wildman–Crippen MR) is 124 cm³/mol. The molecule has 3 N–H and O–H groups in total. The first kappa shape index (κ1) is 23.3. The molecule has 0 radical (unpaired) electrons. The lowest BCUT2D eigenvalue weighted by Crippen LogP contribution is -2.32. The highest BCUT2D eigenvalue weighted by Crippen LogP contribution is 2.34. The second-order valence-corrected chi connectivity index (χ2v) is 9.83. The Morgan fingerprint density at radius 2 is 1.56 bits per heavy atom. The zero-order valence-electron chi connectivity index (χ0n) is 17.3. The number of nitrogens with one attached hydrogen (secondary N) is 2. The van der Waals surface area contributed by atoms with Crippen molar-refractivity contribution in [3.63, 3.8) is 0 Å². The normalized spacial score (nSPS) is 12.1. The fraction of sp³-hybridized carbons (Fsp3) is 0.130. The molecule has 3 aromatic rings. The van der Waals surface area contributed by atoms with Gasteiger partial charge in [0.25, 0.3) is 5.91 Å². The van der Waals surface area contributed by atoms with E-state index in [0.29, 0.717) is 5.56 Å². The van der Waals surface area contributed by atoms with Crippen LogP contribution in [0.25, 0.3) is 0 Å². The number of phenolic OH excluding ortho intramolecular Hbond substituents is 1. The van der Waals surface area contributed by atoms with Crippen LogP contribution in [-0.2, 0) is 14.6 Å². The molecule has 0 aliphatic rings. The molecule has 1 atom stereocenters. The van der Waals surface area contributed by atoms with Crippen LogP contribution in [0.2, 0.25) is 5.02 Å². The van der Waals surface area contributed by atoms with Gasteiger partial charge in [-0.3, -0.25) is 9.59 Å². The Kier molecular flexibility index (Phi) is 6.86. The van der Waals surface area contributed by atoms with E-state index in [1.165, 1.54) is 25.1 Å². The van der Waals surface area contributed by atoms with Gasteiger partial charge in [0, 0.05) is 11.6 Å². The number of phenols is 1. The Morgan fingerprint density at radius 3 is 2.19 bits per heavy atom. The average molecular weight is 473 g/mol. The summed E-state index contributed by atoms with van der Waals surface area (Å²) in [5.74, 6) is -1.61. The second kappa shape index (κ2) is 9.42. The summed E-state index contributed by atoms with van der Waals surface area (Å²) in [5, 5.41) is 13.9. The smallest absolute Gasteiger partial charge is 0.255 e. The number of aryl methyl sites for hydroxylation is 1. The standard InChI is InChI=1S/C23H21ClN2O5S/c1-14-8-10-17(11-9-14)32(30,31)15(2)22(28)25-19-13-21(27)20(12-18(19)24)26-23(29)16-6-4-3-5-7-16/h3-13,15,27H,1-2H3,(H,25,28)(H,26,29). The van der Waals surface area contributed by atoms with Gasteiger partial charge in [-0.05, 0) is 44.2 Å². The summed E-state index contributed by atoms with van der Waals surface area (Å²) in [6.07, 6.45) is 0. The van der Waals surface area contributed by atoms with Crippen LogP contribution >= 0.6 is 11.6 Å². The number of sulfone groups is 1. The van der Waals surface area contributed by atoms with Crippen molar-refractivity contribution in [2.24, 2.45) is 0 Å². The minimum Gasteiger partial charge on any atom is -0.506 e. The highest BCUT2D eigenvalue weighted by atomic mass is 35.5. The zero-order chi connectivity index (χ0) is 23.5. The van der Waals surface area contributed by atoms with Crippen LogP contribution in [0.4, 0.5) is 11.4 Å². The number of halogens is 1. The Morgan fingerprint density at radius 1 is 0.938 bits per heavy atom. The molecule has 0 aromatic heterocycles. The minimum atomic E-state index is -3.93. The van der Waals surface area contributed by atoms with Gasteiger partial charge in [-0.2, -0.15) is 0 Å². The molecular formula is C23H21ClN2O5S. The molecule has 9 heteroatoms. The third-order valence-electron chi connectivity index (χ3n) is 4.81. The molecule has 0 aliphatic carbocycles. The van der Waals surface area contributed by atoms with Crippen LogP contribution < -0.4 is 10.6 Å². The van der Waals surface area contributed by atoms with Crippen LogP contribution in [0.3, 0.4) is 0 Å². The van der Waals surface area contributed by atoms with Gasteiger partial charge in [-0.25, -0.2) is 8.42 Å². The van der Waals surface area contributed by atoms with Crippen molar-refractivity contribution < 1.29 is 23.1 Å². The Hall–Kier alpha value is -3.36. The molecule has 166 valence electrons. The maximum atomic E-state index is 12.7. The quantitative estimate of drug-likeness (QED) is 0.460. The van der Waals surface area contributed by atoms with Crippen molar-refractivity contribution >= 4 is 44.6 Å². The first-order chi connectivity index (χ1) is 15.1. The van der Waals surface area contributed by atoms with E-state index in [0.717, 1.165) is 11.6 Å². The summed E-state index contributed by atoms with van der Waals surface area (Å²) in [7, 11) is -3.93. The van der Waals surface area contributed by atoms with Gasteiger partial charge in [0.2, 0.25) is 5.91 Å². The number of anilines is 2. The first-order valence-corrected chi connectivity index (χ1v) is 11.5. The van der Waals surface area contributed by atoms with Gasteiger partial charge in [-0.15, -0.1) is 0 Å². The van der Waals surface area contributed by atoms with Gasteiger partial charge < -0.3 is 15.7 Å². The third-order valence-corrected chi connectivity index (χ3v) is 7.20.